The Morgan fingerprint density at radius 3 is 2.72 bits per heavy atom. The maximum absolute atomic E-state index is 12.0. The lowest BCUT2D eigenvalue weighted by Crippen LogP contribution is -2.45. The molecule has 0 aliphatic carbocycles. The molecule has 1 fully saturated rings. The summed E-state index contributed by atoms with van der Waals surface area (Å²) in [5.41, 5.74) is 1.29. The number of nitrogens with zero attached hydrogens (tertiary/aromatic N) is 1. The van der Waals surface area contributed by atoms with Crippen molar-refractivity contribution in [3.63, 3.8) is 0 Å². The van der Waals surface area contributed by atoms with Crippen LogP contribution in [0.25, 0.3) is 0 Å². The molecule has 1 heterocycles. The van der Waals surface area contributed by atoms with Gasteiger partial charge in [-0.15, -0.1) is 12.3 Å². The largest absolute Gasteiger partial charge is 0.299 e. The van der Waals surface area contributed by atoms with Gasteiger partial charge in [0.2, 0.25) is 0 Å². The number of ketones is 1. The summed E-state index contributed by atoms with van der Waals surface area (Å²) in [5, 5.41) is 0. The Balaban J connectivity index is 2.02. The van der Waals surface area contributed by atoms with Crippen LogP contribution in [0.15, 0.2) is 30.3 Å². The molecule has 0 N–H and O–H groups in total. The lowest BCUT2D eigenvalue weighted by molar-refractivity contribution is -0.130. The Labute approximate surface area is 109 Å². The summed E-state index contributed by atoms with van der Waals surface area (Å²) in [4.78, 5) is 14.3. The maximum Gasteiger partial charge on any atom is 0.142 e. The zero-order valence-corrected chi connectivity index (χ0v) is 10.8. The van der Waals surface area contributed by atoms with E-state index in [0.29, 0.717) is 12.2 Å². The Hall–Kier alpha value is -1.59. The smallest absolute Gasteiger partial charge is 0.142 e. The number of piperidine rings is 1. The summed E-state index contributed by atoms with van der Waals surface area (Å²) in [7, 11) is 0. The van der Waals surface area contributed by atoms with E-state index in [1.165, 1.54) is 5.56 Å². The Morgan fingerprint density at radius 2 is 2.06 bits per heavy atom. The fourth-order valence-corrected chi connectivity index (χ4v) is 2.63. The van der Waals surface area contributed by atoms with Gasteiger partial charge in [-0.25, -0.2) is 0 Å². The number of hydrogen-bond donors (Lipinski definition) is 0. The number of carbonyl (C=O) groups excluding carboxylic acids is 1. The fraction of sp³-hybridized carbons (Fsp3) is 0.438. The highest BCUT2D eigenvalue weighted by Gasteiger charge is 2.31. The number of hydrogen-bond acceptors (Lipinski definition) is 2. The van der Waals surface area contributed by atoms with Crippen molar-refractivity contribution in [3.8, 4) is 12.3 Å². The molecular weight excluding hydrogens is 222 g/mol. The number of terminal acetylenes is 1. The van der Waals surface area contributed by atoms with Crippen molar-refractivity contribution in [3.05, 3.63) is 35.9 Å². The highest BCUT2D eigenvalue weighted by Crippen LogP contribution is 2.22. The molecule has 0 saturated carbocycles. The summed E-state index contributed by atoms with van der Waals surface area (Å²) in [6.45, 7) is 4.54. The van der Waals surface area contributed by atoms with E-state index in [2.05, 4.69) is 23.0 Å². The monoisotopic (exact) mass is 241 g/mol. The first-order valence-electron chi connectivity index (χ1n) is 6.44. The zero-order valence-electron chi connectivity index (χ0n) is 10.8. The second kappa shape index (κ2) is 5.84. The van der Waals surface area contributed by atoms with Crippen LogP contribution in [0.4, 0.5) is 0 Å². The third-order valence-corrected chi connectivity index (χ3v) is 3.51. The van der Waals surface area contributed by atoms with Crippen LogP contribution in [-0.2, 0) is 11.3 Å². The van der Waals surface area contributed by atoms with Crippen LogP contribution in [0.2, 0.25) is 0 Å². The van der Waals surface area contributed by atoms with Gasteiger partial charge in [-0.3, -0.25) is 9.69 Å². The van der Waals surface area contributed by atoms with Crippen LogP contribution in [0, 0.1) is 24.2 Å². The first-order valence-corrected chi connectivity index (χ1v) is 6.44. The van der Waals surface area contributed by atoms with Gasteiger partial charge in [0.25, 0.3) is 0 Å². The van der Waals surface area contributed by atoms with Crippen LogP contribution in [0.5, 0.6) is 0 Å². The van der Waals surface area contributed by atoms with Crippen molar-refractivity contribution in [2.75, 3.05) is 13.1 Å². The van der Waals surface area contributed by atoms with Gasteiger partial charge in [0, 0.05) is 37.9 Å². The SMILES string of the molecule is C#CCC1CN(Cc2ccccc2)CC(C)C1=O. The minimum Gasteiger partial charge on any atom is -0.299 e. The molecule has 2 atom stereocenters. The van der Waals surface area contributed by atoms with E-state index in [4.69, 9.17) is 6.42 Å². The molecule has 1 saturated heterocycles. The standard InChI is InChI=1S/C16H19NO/c1-3-7-15-12-17(10-13(2)16(15)18)11-14-8-5-4-6-9-14/h1,4-6,8-9,13,15H,7,10-12H2,2H3. The quantitative estimate of drug-likeness (QED) is 0.757. The molecule has 2 nitrogen and oxygen atoms in total. The highest BCUT2D eigenvalue weighted by atomic mass is 16.1. The van der Waals surface area contributed by atoms with Crippen molar-refractivity contribution in [2.24, 2.45) is 11.8 Å². The van der Waals surface area contributed by atoms with Crippen molar-refractivity contribution in [2.45, 2.75) is 19.9 Å². The molecule has 1 aliphatic rings. The highest BCUT2D eigenvalue weighted by molar-refractivity contribution is 5.84. The van der Waals surface area contributed by atoms with Crippen molar-refractivity contribution < 1.29 is 4.79 Å². The first-order chi connectivity index (χ1) is 8.70. The predicted octanol–water partition coefficient (Wildman–Crippen LogP) is 2.35. The molecular formula is C16H19NO. The average molecular weight is 241 g/mol. The molecule has 0 bridgehead atoms. The van der Waals surface area contributed by atoms with Gasteiger partial charge in [-0.05, 0) is 5.56 Å². The Bertz CT molecular complexity index is 446. The van der Waals surface area contributed by atoms with Crippen molar-refractivity contribution >= 4 is 5.78 Å². The van der Waals surface area contributed by atoms with Crippen molar-refractivity contribution in [1.29, 1.82) is 0 Å². The summed E-state index contributed by atoms with van der Waals surface area (Å²) < 4.78 is 0. The minimum atomic E-state index is 0.0162. The van der Waals surface area contributed by atoms with E-state index in [0.717, 1.165) is 19.6 Å². The summed E-state index contributed by atoms with van der Waals surface area (Å²) in [6.07, 6.45) is 5.91. The molecule has 0 radical (unpaired) electrons. The molecule has 2 rings (SSSR count). The van der Waals surface area contributed by atoms with Gasteiger partial charge < -0.3 is 0 Å². The van der Waals surface area contributed by atoms with E-state index in [1.54, 1.807) is 0 Å². The van der Waals surface area contributed by atoms with Crippen molar-refractivity contribution in [1.82, 2.24) is 4.90 Å². The molecule has 18 heavy (non-hydrogen) atoms. The zero-order chi connectivity index (χ0) is 13.0. The lowest BCUT2D eigenvalue weighted by Gasteiger charge is -2.34. The normalized spacial score (nSPS) is 24.8. The molecule has 0 aromatic heterocycles. The average Bonchev–Trinajstić information content (AvgIpc) is 2.37. The van der Waals surface area contributed by atoms with Gasteiger partial charge in [0.15, 0.2) is 0 Å². The number of benzene rings is 1. The molecule has 2 unspecified atom stereocenters. The Kier molecular flexibility index (Phi) is 4.17. The van der Waals surface area contributed by atoms with E-state index in [9.17, 15) is 4.79 Å². The van der Waals surface area contributed by atoms with Crippen LogP contribution in [0.1, 0.15) is 18.9 Å². The van der Waals surface area contributed by atoms with E-state index >= 15 is 0 Å². The molecule has 94 valence electrons. The van der Waals surface area contributed by atoms with Gasteiger partial charge in [0.05, 0.1) is 0 Å². The number of Topliss-reactive ketones (excluding diaryl/α,β-unsaturated/α-hetero) is 1. The third-order valence-electron chi connectivity index (χ3n) is 3.51. The third kappa shape index (κ3) is 3.00. The topological polar surface area (TPSA) is 20.3 Å². The van der Waals surface area contributed by atoms with Gasteiger partial charge >= 0.3 is 0 Å². The van der Waals surface area contributed by atoms with Gasteiger partial charge in [-0.1, -0.05) is 37.3 Å². The molecule has 1 aromatic carbocycles. The van der Waals surface area contributed by atoms with Crippen LogP contribution < -0.4 is 0 Å². The van der Waals surface area contributed by atoms with Crippen LogP contribution in [-0.4, -0.2) is 23.8 Å². The van der Waals surface area contributed by atoms with Gasteiger partial charge in [-0.2, -0.15) is 0 Å². The van der Waals surface area contributed by atoms with E-state index < -0.39 is 0 Å². The first kappa shape index (κ1) is 12.9. The number of rotatable bonds is 3. The second-order valence-corrected chi connectivity index (χ2v) is 5.09. The molecule has 0 spiro atoms. The van der Waals surface area contributed by atoms with Gasteiger partial charge in [0.1, 0.15) is 5.78 Å². The predicted molar refractivity (Wildman–Crippen MR) is 72.8 cm³/mol. The summed E-state index contributed by atoms with van der Waals surface area (Å²) >= 11 is 0. The molecule has 2 heteroatoms. The molecule has 0 amide bonds. The maximum atomic E-state index is 12.0. The Morgan fingerprint density at radius 1 is 1.33 bits per heavy atom. The van der Waals surface area contributed by atoms with Crippen LogP contribution in [0.3, 0.4) is 0 Å². The second-order valence-electron chi connectivity index (χ2n) is 5.09. The van der Waals surface area contributed by atoms with Crippen LogP contribution >= 0.6 is 0 Å². The van der Waals surface area contributed by atoms with E-state index in [1.807, 2.05) is 25.1 Å². The van der Waals surface area contributed by atoms with E-state index in [-0.39, 0.29) is 11.8 Å². The fourth-order valence-electron chi connectivity index (χ4n) is 2.63. The minimum absolute atomic E-state index is 0.0162. The lowest BCUT2D eigenvalue weighted by atomic mass is 9.86. The summed E-state index contributed by atoms with van der Waals surface area (Å²) in [6, 6.07) is 10.4. The number of carbonyl (C=O) groups is 1. The number of likely N-dealkylation sites (tertiary alicyclic amines) is 1. The summed E-state index contributed by atoms with van der Waals surface area (Å²) in [5.74, 6) is 3.07. The molecule has 1 aromatic rings. The molecule has 1 aliphatic heterocycles.